The van der Waals surface area contributed by atoms with Crippen molar-refractivity contribution in [3.05, 3.63) is 0 Å². The van der Waals surface area contributed by atoms with Crippen molar-refractivity contribution >= 4 is 11.8 Å². The van der Waals surface area contributed by atoms with E-state index in [-0.39, 0.29) is 23.8 Å². The number of rotatable bonds is 7. The molecular formula is C14H26N2O4. The molecule has 0 aromatic heterocycles. The average Bonchev–Trinajstić information content (AvgIpc) is 2.41. The fourth-order valence-corrected chi connectivity index (χ4v) is 2.54. The molecule has 1 N–H and O–H groups in total. The number of carbonyl (C=O) groups is 2. The summed E-state index contributed by atoms with van der Waals surface area (Å²) < 4.78 is 10.4. The van der Waals surface area contributed by atoms with Gasteiger partial charge in [-0.15, -0.1) is 0 Å². The summed E-state index contributed by atoms with van der Waals surface area (Å²) in [7, 11) is 3.17. The Morgan fingerprint density at radius 1 is 1.30 bits per heavy atom. The van der Waals surface area contributed by atoms with Gasteiger partial charge in [0.05, 0.1) is 19.3 Å². The second-order valence-corrected chi connectivity index (χ2v) is 5.46. The van der Waals surface area contributed by atoms with E-state index in [0.717, 1.165) is 0 Å². The Hall–Kier alpha value is -1.14. The summed E-state index contributed by atoms with van der Waals surface area (Å²) in [4.78, 5) is 26.3. The van der Waals surface area contributed by atoms with E-state index in [9.17, 15) is 9.59 Å². The molecule has 0 aromatic rings. The van der Waals surface area contributed by atoms with Gasteiger partial charge in [-0.3, -0.25) is 9.59 Å². The van der Waals surface area contributed by atoms with E-state index in [0.29, 0.717) is 19.6 Å². The lowest BCUT2D eigenvalue weighted by Gasteiger charge is -2.41. The third kappa shape index (κ3) is 3.70. The SMILES string of the molecule is CCC1NC(=O)C(C(C)C)N(CC(COC)OC)C1=O. The highest BCUT2D eigenvalue weighted by Crippen LogP contribution is 2.19. The van der Waals surface area contributed by atoms with Crippen molar-refractivity contribution in [3.63, 3.8) is 0 Å². The van der Waals surface area contributed by atoms with Crippen molar-refractivity contribution in [2.75, 3.05) is 27.4 Å². The molecule has 0 bridgehead atoms. The second kappa shape index (κ2) is 7.59. The van der Waals surface area contributed by atoms with E-state index in [1.165, 1.54) is 0 Å². The number of piperazine rings is 1. The van der Waals surface area contributed by atoms with E-state index < -0.39 is 12.1 Å². The van der Waals surface area contributed by atoms with Crippen LogP contribution < -0.4 is 5.32 Å². The maximum Gasteiger partial charge on any atom is 0.245 e. The predicted octanol–water partition coefficient (Wildman–Crippen LogP) is 0.409. The Kier molecular flexibility index (Phi) is 6.42. The summed E-state index contributed by atoms with van der Waals surface area (Å²) in [5.74, 6) is -0.0699. The van der Waals surface area contributed by atoms with Crippen molar-refractivity contribution in [1.29, 1.82) is 0 Å². The lowest BCUT2D eigenvalue weighted by atomic mass is 9.96. The molecule has 3 unspecified atom stereocenters. The minimum absolute atomic E-state index is 0.0380. The van der Waals surface area contributed by atoms with Crippen LogP contribution in [0.3, 0.4) is 0 Å². The molecule has 1 saturated heterocycles. The molecule has 6 heteroatoms. The number of carbonyl (C=O) groups excluding carboxylic acids is 2. The minimum Gasteiger partial charge on any atom is -0.382 e. The van der Waals surface area contributed by atoms with Gasteiger partial charge in [0.25, 0.3) is 0 Å². The minimum atomic E-state index is -0.445. The zero-order valence-electron chi connectivity index (χ0n) is 13.0. The van der Waals surface area contributed by atoms with Crippen molar-refractivity contribution in [1.82, 2.24) is 10.2 Å². The van der Waals surface area contributed by atoms with Gasteiger partial charge in [0.2, 0.25) is 11.8 Å². The quantitative estimate of drug-likeness (QED) is 0.736. The molecule has 6 nitrogen and oxygen atoms in total. The van der Waals surface area contributed by atoms with Crippen LogP contribution >= 0.6 is 0 Å². The third-order valence-electron chi connectivity index (χ3n) is 3.63. The standard InChI is InChI=1S/C14H26N2O4/c1-6-11-14(18)16(7-10(20-5)8-19-4)12(9(2)3)13(17)15-11/h9-12H,6-8H2,1-5H3,(H,15,17). The van der Waals surface area contributed by atoms with E-state index in [2.05, 4.69) is 5.32 Å². The Bertz CT molecular complexity index is 346. The molecule has 116 valence electrons. The van der Waals surface area contributed by atoms with Crippen LogP contribution in [-0.2, 0) is 19.1 Å². The normalized spacial score (nSPS) is 25.0. The summed E-state index contributed by atoms with van der Waals surface area (Å²) in [5, 5.41) is 2.80. The molecule has 0 spiro atoms. The van der Waals surface area contributed by atoms with Gasteiger partial charge in [-0.05, 0) is 12.3 Å². The zero-order chi connectivity index (χ0) is 15.3. The molecule has 0 aromatic carbocycles. The van der Waals surface area contributed by atoms with Crippen LogP contribution in [0.5, 0.6) is 0 Å². The first-order valence-corrected chi connectivity index (χ1v) is 7.08. The van der Waals surface area contributed by atoms with Crippen LogP contribution in [0.2, 0.25) is 0 Å². The van der Waals surface area contributed by atoms with Crippen molar-refractivity contribution in [2.45, 2.75) is 45.4 Å². The Morgan fingerprint density at radius 3 is 2.40 bits per heavy atom. The van der Waals surface area contributed by atoms with E-state index in [1.54, 1.807) is 19.1 Å². The lowest BCUT2D eigenvalue weighted by molar-refractivity contribution is -0.153. The van der Waals surface area contributed by atoms with Gasteiger partial charge < -0.3 is 19.7 Å². The molecule has 20 heavy (non-hydrogen) atoms. The molecule has 1 aliphatic heterocycles. The molecule has 1 fully saturated rings. The smallest absolute Gasteiger partial charge is 0.245 e. The molecule has 0 radical (unpaired) electrons. The average molecular weight is 286 g/mol. The van der Waals surface area contributed by atoms with Crippen molar-refractivity contribution in [2.24, 2.45) is 5.92 Å². The van der Waals surface area contributed by atoms with Gasteiger partial charge in [-0.1, -0.05) is 20.8 Å². The summed E-state index contributed by atoms with van der Waals surface area (Å²) >= 11 is 0. The summed E-state index contributed by atoms with van der Waals surface area (Å²) in [5.41, 5.74) is 0. The molecule has 2 amide bonds. The fourth-order valence-electron chi connectivity index (χ4n) is 2.54. The largest absolute Gasteiger partial charge is 0.382 e. The van der Waals surface area contributed by atoms with Gasteiger partial charge in [0, 0.05) is 14.2 Å². The molecular weight excluding hydrogens is 260 g/mol. The first kappa shape index (κ1) is 16.9. The number of hydrogen-bond donors (Lipinski definition) is 1. The number of amides is 2. The maximum atomic E-state index is 12.5. The summed E-state index contributed by atoms with van der Waals surface area (Å²) in [6.45, 7) is 6.53. The molecule has 3 atom stereocenters. The van der Waals surface area contributed by atoms with Gasteiger partial charge in [0.15, 0.2) is 0 Å². The molecule has 1 heterocycles. The van der Waals surface area contributed by atoms with Gasteiger partial charge in [0.1, 0.15) is 12.1 Å². The van der Waals surface area contributed by atoms with Crippen LogP contribution in [0.4, 0.5) is 0 Å². The lowest BCUT2D eigenvalue weighted by Crippen LogP contribution is -2.65. The summed E-state index contributed by atoms with van der Waals surface area (Å²) in [6.07, 6.45) is 0.363. The first-order chi connectivity index (χ1) is 9.46. The van der Waals surface area contributed by atoms with Gasteiger partial charge in [-0.25, -0.2) is 0 Å². The first-order valence-electron chi connectivity index (χ1n) is 7.08. The van der Waals surface area contributed by atoms with E-state index >= 15 is 0 Å². The monoisotopic (exact) mass is 286 g/mol. The Balaban J connectivity index is 2.93. The van der Waals surface area contributed by atoms with Crippen molar-refractivity contribution in [3.8, 4) is 0 Å². The molecule has 1 rings (SSSR count). The maximum absolute atomic E-state index is 12.5. The highest BCUT2D eigenvalue weighted by atomic mass is 16.5. The Morgan fingerprint density at radius 2 is 1.95 bits per heavy atom. The van der Waals surface area contributed by atoms with Gasteiger partial charge in [-0.2, -0.15) is 0 Å². The number of ether oxygens (including phenoxy) is 2. The number of hydrogen-bond acceptors (Lipinski definition) is 4. The molecule has 0 aliphatic carbocycles. The van der Waals surface area contributed by atoms with E-state index in [1.807, 2.05) is 20.8 Å². The predicted molar refractivity (Wildman–Crippen MR) is 75.2 cm³/mol. The fraction of sp³-hybridized carbons (Fsp3) is 0.857. The van der Waals surface area contributed by atoms with Crippen LogP contribution in [-0.4, -0.2) is 62.3 Å². The van der Waals surface area contributed by atoms with Gasteiger partial charge >= 0.3 is 0 Å². The molecule has 1 aliphatic rings. The number of nitrogens with zero attached hydrogens (tertiary/aromatic N) is 1. The van der Waals surface area contributed by atoms with Crippen molar-refractivity contribution < 1.29 is 19.1 Å². The second-order valence-electron chi connectivity index (χ2n) is 5.46. The Labute approximate surface area is 120 Å². The number of nitrogens with one attached hydrogen (secondary N) is 1. The molecule has 0 saturated carbocycles. The number of methoxy groups -OCH3 is 2. The van der Waals surface area contributed by atoms with Crippen LogP contribution in [0.15, 0.2) is 0 Å². The van der Waals surface area contributed by atoms with Crippen LogP contribution in [0.25, 0.3) is 0 Å². The summed E-state index contributed by atoms with van der Waals surface area (Å²) in [6, 6.07) is -0.877. The van der Waals surface area contributed by atoms with Crippen LogP contribution in [0.1, 0.15) is 27.2 Å². The zero-order valence-corrected chi connectivity index (χ0v) is 13.0. The van der Waals surface area contributed by atoms with Crippen LogP contribution in [0, 0.1) is 5.92 Å². The topological polar surface area (TPSA) is 67.9 Å². The third-order valence-corrected chi connectivity index (χ3v) is 3.63. The van der Waals surface area contributed by atoms with E-state index in [4.69, 9.17) is 9.47 Å². The highest BCUT2D eigenvalue weighted by Gasteiger charge is 2.41. The highest BCUT2D eigenvalue weighted by molar-refractivity contribution is 5.97.